The quantitative estimate of drug-likeness (QED) is 0.719. The summed E-state index contributed by atoms with van der Waals surface area (Å²) in [6, 6.07) is 7.73. The lowest BCUT2D eigenvalue weighted by Crippen LogP contribution is -2.24. The number of carbonyl (C=O) groups excluding carboxylic acids is 1. The molecule has 1 amide bonds. The van der Waals surface area contributed by atoms with Gasteiger partial charge in [0.1, 0.15) is 0 Å². The van der Waals surface area contributed by atoms with E-state index in [-0.39, 0.29) is 17.7 Å². The van der Waals surface area contributed by atoms with Gasteiger partial charge in [-0.15, -0.1) is 0 Å². The lowest BCUT2D eigenvalue weighted by molar-refractivity contribution is -0.137. The second-order valence-corrected chi connectivity index (χ2v) is 6.64. The molecule has 0 atom stereocenters. The van der Waals surface area contributed by atoms with E-state index >= 15 is 0 Å². The zero-order chi connectivity index (χ0) is 16.6. The number of hydrogen-bond donors (Lipinski definition) is 2. The van der Waals surface area contributed by atoms with Crippen molar-refractivity contribution in [2.75, 3.05) is 6.54 Å². The number of hydrogen-bond acceptors (Lipinski definition) is 2. The number of nitrogens with one attached hydrogen (secondary N) is 1. The maximum atomic E-state index is 12.0. The first-order valence-corrected chi connectivity index (χ1v) is 7.91. The molecule has 0 aromatic heterocycles. The predicted molar refractivity (Wildman–Crippen MR) is 88.2 cm³/mol. The first-order valence-electron chi connectivity index (χ1n) is 7.91. The molecule has 0 radical (unpaired) electrons. The van der Waals surface area contributed by atoms with Gasteiger partial charge in [-0.2, -0.15) is 0 Å². The van der Waals surface area contributed by atoms with Crippen LogP contribution in [-0.2, 0) is 10.2 Å². The van der Waals surface area contributed by atoms with Crippen molar-refractivity contribution in [1.29, 1.82) is 0 Å². The molecular formula is C18H27NO3. The molecule has 4 heteroatoms. The fraction of sp³-hybridized carbons (Fsp3) is 0.556. The highest BCUT2D eigenvalue weighted by molar-refractivity contribution is 5.94. The summed E-state index contributed by atoms with van der Waals surface area (Å²) in [6.45, 7) is 7.07. The van der Waals surface area contributed by atoms with Crippen LogP contribution in [0.1, 0.15) is 68.8 Å². The van der Waals surface area contributed by atoms with Gasteiger partial charge in [-0.25, -0.2) is 0 Å². The molecule has 1 aromatic carbocycles. The number of amides is 1. The average molecular weight is 305 g/mol. The van der Waals surface area contributed by atoms with Gasteiger partial charge in [-0.1, -0.05) is 45.7 Å². The molecule has 0 aliphatic carbocycles. The number of aliphatic carboxylic acids is 1. The van der Waals surface area contributed by atoms with E-state index in [2.05, 4.69) is 26.1 Å². The van der Waals surface area contributed by atoms with Crippen LogP contribution in [0.25, 0.3) is 0 Å². The summed E-state index contributed by atoms with van der Waals surface area (Å²) in [5, 5.41) is 11.4. The Morgan fingerprint density at radius 1 is 1.00 bits per heavy atom. The number of carbonyl (C=O) groups is 2. The maximum Gasteiger partial charge on any atom is 0.303 e. The summed E-state index contributed by atoms with van der Waals surface area (Å²) in [5.74, 6) is -0.794. The average Bonchev–Trinajstić information content (AvgIpc) is 2.45. The zero-order valence-corrected chi connectivity index (χ0v) is 13.8. The third-order valence-electron chi connectivity index (χ3n) is 3.62. The highest BCUT2D eigenvalue weighted by Gasteiger charge is 2.14. The molecular weight excluding hydrogens is 278 g/mol. The third kappa shape index (κ3) is 6.74. The summed E-state index contributed by atoms with van der Waals surface area (Å²) >= 11 is 0. The van der Waals surface area contributed by atoms with E-state index in [1.165, 1.54) is 5.56 Å². The molecule has 0 saturated heterocycles. The molecule has 2 N–H and O–H groups in total. The Labute approximate surface area is 132 Å². The van der Waals surface area contributed by atoms with Gasteiger partial charge < -0.3 is 10.4 Å². The highest BCUT2D eigenvalue weighted by atomic mass is 16.4. The lowest BCUT2D eigenvalue weighted by atomic mass is 9.87. The molecule has 0 aliphatic heterocycles. The van der Waals surface area contributed by atoms with Gasteiger partial charge in [0.2, 0.25) is 0 Å². The van der Waals surface area contributed by atoms with Crippen LogP contribution in [0, 0.1) is 0 Å². The van der Waals surface area contributed by atoms with Crippen molar-refractivity contribution in [2.24, 2.45) is 0 Å². The monoisotopic (exact) mass is 305 g/mol. The van der Waals surface area contributed by atoms with Crippen molar-refractivity contribution >= 4 is 11.9 Å². The largest absolute Gasteiger partial charge is 0.481 e. The SMILES string of the molecule is CC(C)(C)c1ccc(C(=O)NCCCCCCC(=O)O)cc1. The molecule has 0 saturated carbocycles. The summed E-state index contributed by atoms with van der Waals surface area (Å²) in [4.78, 5) is 22.4. The van der Waals surface area contributed by atoms with E-state index in [0.29, 0.717) is 18.5 Å². The van der Waals surface area contributed by atoms with Gasteiger partial charge in [0.15, 0.2) is 0 Å². The van der Waals surface area contributed by atoms with Gasteiger partial charge in [-0.05, 0) is 36.0 Å². The Morgan fingerprint density at radius 3 is 2.14 bits per heavy atom. The van der Waals surface area contributed by atoms with Crippen LogP contribution >= 0.6 is 0 Å². The Hall–Kier alpha value is -1.84. The van der Waals surface area contributed by atoms with Crippen LogP contribution in [0.3, 0.4) is 0 Å². The van der Waals surface area contributed by atoms with Crippen LogP contribution in [0.15, 0.2) is 24.3 Å². The van der Waals surface area contributed by atoms with Gasteiger partial charge in [0.05, 0.1) is 0 Å². The number of unbranched alkanes of at least 4 members (excludes halogenated alkanes) is 3. The van der Waals surface area contributed by atoms with E-state index in [4.69, 9.17) is 5.11 Å². The molecule has 0 unspecified atom stereocenters. The molecule has 1 aromatic rings. The molecule has 0 bridgehead atoms. The second kappa shape index (κ2) is 8.57. The Kier molecular flexibility index (Phi) is 7.09. The normalized spacial score (nSPS) is 11.2. The first-order chi connectivity index (χ1) is 10.3. The molecule has 0 aliphatic rings. The van der Waals surface area contributed by atoms with Crippen molar-refractivity contribution in [3.63, 3.8) is 0 Å². The van der Waals surface area contributed by atoms with Crippen LogP contribution in [0.5, 0.6) is 0 Å². The predicted octanol–water partition coefficient (Wildman–Crippen LogP) is 3.75. The Balaban J connectivity index is 2.27. The topological polar surface area (TPSA) is 66.4 Å². The number of rotatable bonds is 8. The fourth-order valence-electron chi connectivity index (χ4n) is 2.18. The Morgan fingerprint density at radius 2 is 1.59 bits per heavy atom. The van der Waals surface area contributed by atoms with Crippen LogP contribution in [-0.4, -0.2) is 23.5 Å². The number of carboxylic acid groups (broad SMARTS) is 1. The van der Waals surface area contributed by atoms with Crippen LogP contribution in [0.4, 0.5) is 0 Å². The van der Waals surface area contributed by atoms with Crippen molar-refractivity contribution in [1.82, 2.24) is 5.32 Å². The molecule has 122 valence electrons. The van der Waals surface area contributed by atoms with Crippen molar-refractivity contribution in [2.45, 2.75) is 58.3 Å². The van der Waals surface area contributed by atoms with Gasteiger partial charge in [-0.3, -0.25) is 9.59 Å². The number of carboxylic acids is 1. The van der Waals surface area contributed by atoms with Gasteiger partial charge >= 0.3 is 5.97 Å². The van der Waals surface area contributed by atoms with E-state index < -0.39 is 5.97 Å². The second-order valence-electron chi connectivity index (χ2n) is 6.64. The highest BCUT2D eigenvalue weighted by Crippen LogP contribution is 2.22. The van der Waals surface area contributed by atoms with E-state index in [9.17, 15) is 9.59 Å². The van der Waals surface area contributed by atoms with Crippen molar-refractivity contribution in [3.8, 4) is 0 Å². The number of benzene rings is 1. The maximum absolute atomic E-state index is 12.0. The third-order valence-corrected chi connectivity index (χ3v) is 3.62. The van der Waals surface area contributed by atoms with Crippen molar-refractivity contribution in [3.05, 3.63) is 35.4 Å². The van der Waals surface area contributed by atoms with Gasteiger partial charge in [0.25, 0.3) is 5.91 Å². The van der Waals surface area contributed by atoms with Gasteiger partial charge in [0, 0.05) is 18.5 Å². The lowest BCUT2D eigenvalue weighted by Gasteiger charge is -2.19. The Bertz CT molecular complexity index is 486. The van der Waals surface area contributed by atoms with E-state index in [1.54, 1.807) is 0 Å². The molecule has 0 spiro atoms. The smallest absolute Gasteiger partial charge is 0.303 e. The first kappa shape index (κ1) is 18.2. The van der Waals surface area contributed by atoms with E-state index in [0.717, 1.165) is 19.3 Å². The van der Waals surface area contributed by atoms with E-state index in [1.807, 2.05) is 24.3 Å². The molecule has 1 rings (SSSR count). The standard InChI is InChI=1S/C18H27NO3/c1-18(2,3)15-11-9-14(10-12-15)17(22)19-13-7-5-4-6-8-16(20)21/h9-12H,4-8,13H2,1-3H3,(H,19,22)(H,20,21). The molecule has 0 fully saturated rings. The summed E-state index contributed by atoms with van der Waals surface area (Å²) in [7, 11) is 0. The minimum atomic E-state index is -0.744. The molecule has 22 heavy (non-hydrogen) atoms. The summed E-state index contributed by atoms with van der Waals surface area (Å²) in [6.07, 6.45) is 3.65. The van der Waals surface area contributed by atoms with Crippen LogP contribution < -0.4 is 5.32 Å². The minimum Gasteiger partial charge on any atom is -0.481 e. The molecule has 4 nitrogen and oxygen atoms in total. The summed E-state index contributed by atoms with van der Waals surface area (Å²) < 4.78 is 0. The minimum absolute atomic E-state index is 0.0500. The zero-order valence-electron chi connectivity index (χ0n) is 13.8. The fourth-order valence-corrected chi connectivity index (χ4v) is 2.18. The molecule has 0 heterocycles. The summed E-state index contributed by atoms with van der Waals surface area (Å²) in [5.41, 5.74) is 1.98. The van der Waals surface area contributed by atoms with Crippen LogP contribution in [0.2, 0.25) is 0 Å². The van der Waals surface area contributed by atoms with Crippen molar-refractivity contribution < 1.29 is 14.7 Å².